The van der Waals surface area contributed by atoms with Crippen LogP contribution in [0.5, 0.6) is 0 Å². The third-order valence-corrected chi connectivity index (χ3v) is 3.26. The lowest BCUT2D eigenvalue weighted by molar-refractivity contribution is -0.117. The number of Topliss-reactive ketones (excluding diaryl/α,β-unsaturated/α-hetero) is 1. The topological polar surface area (TPSA) is 49.4 Å². The first-order valence-electron chi connectivity index (χ1n) is 5.63. The number of rotatable bonds is 1. The average Bonchev–Trinajstić information content (AvgIpc) is 2.58. The minimum atomic E-state index is 0.0202. The summed E-state index contributed by atoms with van der Waals surface area (Å²) >= 11 is 0. The van der Waals surface area contributed by atoms with Crippen LogP contribution in [-0.2, 0) is 4.79 Å². The van der Waals surface area contributed by atoms with E-state index in [0.717, 1.165) is 13.1 Å². The van der Waals surface area contributed by atoms with Gasteiger partial charge >= 0.3 is 6.03 Å². The van der Waals surface area contributed by atoms with Crippen molar-refractivity contribution in [1.82, 2.24) is 10.2 Å². The maximum atomic E-state index is 11.7. The lowest BCUT2D eigenvalue weighted by Crippen LogP contribution is -2.42. The van der Waals surface area contributed by atoms with E-state index in [9.17, 15) is 9.59 Å². The van der Waals surface area contributed by atoms with Crippen molar-refractivity contribution in [2.24, 2.45) is 11.8 Å². The lowest BCUT2D eigenvalue weighted by atomic mass is 10.0. The fourth-order valence-electron chi connectivity index (χ4n) is 2.57. The second-order valence-corrected chi connectivity index (χ2v) is 4.98. The average molecular weight is 210 g/mol. The molecule has 2 unspecified atom stereocenters. The molecule has 1 aliphatic heterocycles. The van der Waals surface area contributed by atoms with Crippen molar-refractivity contribution < 1.29 is 9.59 Å². The molecule has 15 heavy (non-hydrogen) atoms. The summed E-state index contributed by atoms with van der Waals surface area (Å²) in [7, 11) is 0. The van der Waals surface area contributed by atoms with Crippen molar-refractivity contribution in [3.8, 4) is 0 Å². The van der Waals surface area contributed by atoms with Crippen LogP contribution in [0, 0.1) is 11.8 Å². The Labute approximate surface area is 90.0 Å². The molecule has 2 fully saturated rings. The van der Waals surface area contributed by atoms with E-state index in [1.807, 2.05) is 18.7 Å². The van der Waals surface area contributed by atoms with Gasteiger partial charge in [-0.15, -0.1) is 0 Å². The number of fused-ring (bicyclic) bond motifs is 1. The van der Waals surface area contributed by atoms with Gasteiger partial charge in [0.25, 0.3) is 0 Å². The molecular formula is C11H18N2O2. The molecule has 1 aliphatic carbocycles. The highest BCUT2D eigenvalue weighted by atomic mass is 16.2. The second-order valence-electron chi connectivity index (χ2n) is 4.98. The Balaban J connectivity index is 1.89. The molecule has 1 saturated carbocycles. The molecule has 2 rings (SSSR count). The molecule has 4 heteroatoms. The maximum Gasteiger partial charge on any atom is 0.317 e. The van der Waals surface area contributed by atoms with Crippen LogP contribution < -0.4 is 5.32 Å². The van der Waals surface area contributed by atoms with Crippen molar-refractivity contribution in [1.29, 1.82) is 0 Å². The van der Waals surface area contributed by atoms with E-state index in [0.29, 0.717) is 30.5 Å². The molecule has 2 aliphatic rings. The molecule has 1 N–H and O–H groups in total. The van der Waals surface area contributed by atoms with Gasteiger partial charge in [0.1, 0.15) is 5.78 Å². The van der Waals surface area contributed by atoms with Crippen LogP contribution in [0.4, 0.5) is 4.79 Å². The number of ketones is 1. The molecule has 0 bridgehead atoms. The van der Waals surface area contributed by atoms with Gasteiger partial charge in [-0.05, 0) is 25.7 Å². The zero-order chi connectivity index (χ0) is 11.0. The van der Waals surface area contributed by atoms with E-state index < -0.39 is 0 Å². The first-order chi connectivity index (χ1) is 7.06. The predicted molar refractivity (Wildman–Crippen MR) is 56.5 cm³/mol. The summed E-state index contributed by atoms with van der Waals surface area (Å²) in [6, 6.07) is 0.200. The quantitative estimate of drug-likeness (QED) is 0.702. The Kier molecular flexibility index (Phi) is 2.67. The highest BCUT2D eigenvalue weighted by Crippen LogP contribution is 2.35. The number of amides is 2. The van der Waals surface area contributed by atoms with E-state index in [1.54, 1.807) is 0 Å². The Morgan fingerprint density at radius 3 is 2.33 bits per heavy atom. The Bertz CT molecular complexity index is 272. The van der Waals surface area contributed by atoms with Gasteiger partial charge in [-0.2, -0.15) is 0 Å². The number of carbonyl (C=O) groups excluding carboxylic acids is 2. The molecule has 2 atom stereocenters. The molecule has 1 saturated heterocycles. The Morgan fingerprint density at radius 1 is 1.33 bits per heavy atom. The summed E-state index contributed by atoms with van der Waals surface area (Å²) in [5.41, 5.74) is 0. The minimum absolute atomic E-state index is 0.0202. The fourth-order valence-corrected chi connectivity index (χ4v) is 2.57. The van der Waals surface area contributed by atoms with Gasteiger partial charge < -0.3 is 10.2 Å². The summed E-state index contributed by atoms with van der Waals surface area (Å²) in [5, 5.41) is 2.89. The van der Waals surface area contributed by atoms with Gasteiger partial charge in [0, 0.05) is 32.0 Å². The van der Waals surface area contributed by atoms with Crippen molar-refractivity contribution in [3.05, 3.63) is 0 Å². The molecule has 0 radical (unpaired) electrons. The summed E-state index contributed by atoms with van der Waals surface area (Å²) in [6.45, 7) is 5.43. The van der Waals surface area contributed by atoms with Crippen LogP contribution in [0.15, 0.2) is 0 Å². The number of urea groups is 1. The normalized spacial score (nSPS) is 29.8. The van der Waals surface area contributed by atoms with Crippen LogP contribution in [-0.4, -0.2) is 35.8 Å². The third kappa shape index (κ3) is 2.13. The largest absolute Gasteiger partial charge is 0.336 e. The Morgan fingerprint density at radius 2 is 1.87 bits per heavy atom. The maximum absolute atomic E-state index is 11.7. The van der Waals surface area contributed by atoms with Crippen LogP contribution in [0.3, 0.4) is 0 Å². The molecule has 0 aromatic rings. The highest BCUT2D eigenvalue weighted by molar-refractivity contribution is 5.82. The molecule has 1 heterocycles. The Hall–Kier alpha value is -1.06. The van der Waals surface area contributed by atoms with Gasteiger partial charge in [0.15, 0.2) is 0 Å². The van der Waals surface area contributed by atoms with Gasteiger partial charge in [0.2, 0.25) is 0 Å². The number of hydrogen-bond donors (Lipinski definition) is 1. The molecule has 0 aromatic carbocycles. The van der Waals surface area contributed by atoms with Crippen molar-refractivity contribution >= 4 is 11.8 Å². The van der Waals surface area contributed by atoms with Crippen LogP contribution in [0.2, 0.25) is 0 Å². The smallest absolute Gasteiger partial charge is 0.317 e. The molecule has 0 spiro atoms. The zero-order valence-electron chi connectivity index (χ0n) is 9.32. The first-order valence-corrected chi connectivity index (χ1v) is 5.63. The molecule has 4 nitrogen and oxygen atoms in total. The van der Waals surface area contributed by atoms with E-state index in [4.69, 9.17) is 0 Å². The zero-order valence-corrected chi connectivity index (χ0v) is 9.32. The number of nitrogens with one attached hydrogen (secondary N) is 1. The van der Waals surface area contributed by atoms with E-state index in [2.05, 4.69) is 5.32 Å². The van der Waals surface area contributed by atoms with Gasteiger partial charge in [-0.25, -0.2) is 4.79 Å². The van der Waals surface area contributed by atoms with Crippen LogP contribution >= 0.6 is 0 Å². The summed E-state index contributed by atoms with van der Waals surface area (Å²) < 4.78 is 0. The first kappa shape index (κ1) is 10.5. The van der Waals surface area contributed by atoms with Gasteiger partial charge in [0.05, 0.1) is 0 Å². The standard InChI is InChI=1S/C11H18N2O2/c1-7(2)12-11(15)13-5-8-3-10(14)4-9(8)6-13/h7-9H,3-6H2,1-2H3,(H,12,15). The molecular weight excluding hydrogens is 192 g/mol. The SMILES string of the molecule is CC(C)NC(=O)N1CC2CC(=O)CC2C1. The van der Waals surface area contributed by atoms with Crippen LogP contribution in [0.25, 0.3) is 0 Å². The van der Waals surface area contributed by atoms with E-state index >= 15 is 0 Å². The molecule has 0 aromatic heterocycles. The highest BCUT2D eigenvalue weighted by Gasteiger charge is 2.41. The number of hydrogen-bond acceptors (Lipinski definition) is 2. The van der Waals surface area contributed by atoms with E-state index in [1.165, 1.54) is 0 Å². The second kappa shape index (κ2) is 3.83. The van der Waals surface area contributed by atoms with Gasteiger partial charge in [-0.3, -0.25) is 4.79 Å². The van der Waals surface area contributed by atoms with Crippen LogP contribution in [0.1, 0.15) is 26.7 Å². The van der Waals surface area contributed by atoms with Crippen molar-refractivity contribution in [3.63, 3.8) is 0 Å². The van der Waals surface area contributed by atoms with Gasteiger partial charge in [-0.1, -0.05) is 0 Å². The number of nitrogens with zero attached hydrogens (tertiary/aromatic N) is 1. The molecule has 84 valence electrons. The number of carbonyl (C=O) groups is 2. The van der Waals surface area contributed by atoms with Crippen molar-refractivity contribution in [2.45, 2.75) is 32.7 Å². The predicted octanol–water partition coefficient (Wildman–Crippen LogP) is 1.02. The summed E-state index contributed by atoms with van der Waals surface area (Å²) in [6.07, 6.45) is 1.35. The summed E-state index contributed by atoms with van der Waals surface area (Å²) in [4.78, 5) is 24.7. The minimum Gasteiger partial charge on any atom is -0.336 e. The molecule has 2 amide bonds. The number of likely N-dealkylation sites (tertiary alicyclic amines) is 1. The monoisotopic (exact) mass is 210 g/mol. The third-order valence-electron chi connectivity index (χ3n) is 3.26. The summed E-state index contributed by atoms with van der Waals surface area (Å²) in [5.74, 6) is 1.22. The van der Waals surface area contributed by atoms with E-state index in [-0.39, 0.29) is 12.1 Å². The van der Waals surface area contributed by atoms with Crippen molar-refractivity contribution in [2.75, 3.05) is 13.1 Å². The fraction of sp³-hybridized carbons (Fsp3) is 0.818. The lowest BCUT2D eigenvalue weighted by Gasteiger charge is -2.19.